The van der Waals surface area contributed by atoms with Gasteiger partial charge in [0, 0.05) is 11.8 Å². The lowest BCUT2D eigenvalue weighted by Crippen LogP contribution is -2.30. The van der Waals surface area contributed by atoms with E-state index in [1.165, 1.54) is 5.56 Å². The van der Waals surface area contributed by atoms with E-state index in [2.05, 4.69) is 12.2 Å². The maximum atomic E-state index is 12.3. The molecule has 0 spiro atoms. The molecular formula is C20H25NO4. The molecule has 5 nitrogen and oxygen atoms in total. The highest BCUT2D eigenvalue weighted by atomic mass is 16.5. The normalized spacial score (nSPS) is 11.5. The highest BCUT2D eigenvalue weighted by Gasteiger charge is 2.16. The van der Waals surface area contributed by atoms with Gasteiger partial charge in [0.05, 0.1) is 14.2 Å². The number of ether oxygens (including phenoxy) is 3. The second-order valence-corrected chi connectivity index (χ2v) is 5.71. The molecule has 0 aromatic heterocycles. The predicted molar refractivity (Wildman–Crippen MR) is 98.7 cm³/mol. The van der Waals surface area contributed by atoms with Crippen LogP contribution in [0.5, 0.6) is 17.2 Å². The number of rotatable bonds is 8. The Morgan fingerprint density at radius 1 is 1.04 bits per heavy atom. The number of carbonyl (C=O) groups excluding carboxylic acids is 1. The van der Waals surface area contributed by atoms with Crippen LogP contribution in [0.15, 0.2) is 42.5 Å². The molecule has 25 heavy (non-hydrogen) atoms. The quantitative estimate of drug-likeness (QED) is 0.785. The van der Waals surface area contributed by atoms with Crippen LogP contribution in [0, 0.1) is 0 Å². The van der Waals surface area contributed by atoms with Gasteiger partial charge in [0.1, 0.15) is 5.75 Å². The molecule has 1 N–H and O–H groups in total. The third-order valence-electron chi connectivity index (χ3n) is 3.80. The summed E-state index contributed by atoms with van der Waals surface area (Å²) >= 11 is 0. The minimum absolute atomic E-state index is 0.232. The van der Waals surface area contributed by atoms with Crippen LogP contribution in [0.1, 0.15) is 25.8 Å². The molecule has 2 aromatic rings. The van der Waals surface area contributed by atoms with Gasteiger partial charge in [0.15, 0.2) is 17.6 Å². The van der Waals surface area contributed by atoms with Crippen molar-refractivity contribution in [1.29, 1.82) is 0 Å². The van der Waals surface area contributed by atoms with Gasteiger partial charge in [-0.2, -0.15) is 0 Å². The van der Waals surface area contributed by atoms with Crippen molar-refractivity contribution in [3.05, 3.63) is 48.0 Å². The number of methoxy groups -OCH3 is 2. The van der Waals surface area contributed by atoms with Gasteiger partial charge in [-0.05, 0) is 43.2 Å². The molecule has 0 heterocycles. The molecule has 2 aromatic carbocycles. The molecule has 5 heteroatoms. The average Bonchev–Trinajstić information content (AvgIpc) is 2.63. The van der Waals surface area contributed by atoms with Crippen molar-refractivity contribution in [3.8, 4) is 17.2 Å². The molecule has 0 aliphatic carbocycles. The molecule has 0 aliphatic rings. The Kier molecular flexibility index (Phi) is 6.69. The summed E-state index contributed by atoms with van der Waals surface area (Å²) < 4.78 is 16.1. The van der Waals surface area contributed by atoms with Crippen molar-refractivity contribution < 1.29 is 19.0 Å². The summed E-state index contributed by atoms with van der Waals surface area (Å²) in [7, 11) is 3.12. The molecule has 0 bridgehead atoms. The van der Waals surface area contributed by atoms with Crippen molar-refractivity contribution in [3.63, 3.8) is 0 Å². The molecule has 0 aliphatic heterocycles. The molecule has 0 saturated heterocycles. The first-order valence-corrected chi connectivity index (χ1v) is 8.35. The number of anilines is 1. The molecule has 1 atom stereocenters. The first kappa shape index (κ1) is 18.6. The fraction of sp³-hybridized carbons (Fsp3) is 0.350. The summed E-state index contributed by atoms with van der Waals surface area (Å²) in [6, 6.07) is 13.0. The minimum atomic E-state index is -0.620. The Morgan fingerprint density at radius 2 is 1.72 bits per heavy atom. The lowest BCUT2D eigenvalue weighted by atomic mass is 10.1. The topological polar surface area (TPSA) is 56.8 Å². The van der Waals surface area contributed by atoms with E-state index in [1.807, 2.05) is 24.3 Å². The van der Waals surface area contributed by atoms with Crippen LogP contribution in [0.3, 0.4) is 0 Å². The van der Waals surface area contributed by atoms with E-state index in [0.717, 1.165) is 12.8 Å². The second-order valence-electron chi connectivity index (χ2n) is 5.71. The Hall–Kier alpha value is -2.69. The van der Waals surface area contributed by atoms with E-state index in [-0.39, 0.29) is 5.91 Å². The van der Waals surface area contributed by atoms with Crippen molar-refractivity contribution in [2.75, 3.05) is 19.5 Å². The van der Waals surface area contributed by atoms with E-state index >= 15 is 0 Å². The summed E-state index contributed by atoms with van der Waals surface area (Å²) in [4.78, 5) is 12.3. The molecule has 2 rings (SSSR count). The molecule has 1 amide bonds. The van der Waals surface area contributed by atoms with Crippen LogP contribution >= 0.6 is 0 Å². The smallest absolute Gasteiger partial charge is 0.265 e. The van der Waals surface area contributed by atoms with Gasteiger partial charge in [-0.1, -0.05) is 25.5 Å². The van der Waals surface area contributed by atoms with E-state index in [4.69, 9.17) is 14.2 Å². The lowest BCUT2D eigenvalue weighted by molar-refractivity contribution is -0.122. The van der Waals surface area contributed by atoms with E-state index in [1.54, 1.807) is 39.3 Å². The lowest BCUT2D eigenvalue weighted by Gasteiger charge is -2.16. The number of benzene rings is 2. The van der Waals surface area contributed by atoms with Gasteiger partial charge in [0.25, 0.3) is 5.91 Å². The van der Waals surface area contributed by atoms with Crippen LogP contribution in [-0.2, 0) is 11.2 Å². The number of carbonyl (C=O) groups is 1. The monoisotopic (exact) mass is 343 g/mol. The number of amides is 1. The Bertz CT molecular complexity index is 697. The minimum Gasteiger partial charge on any atom is -0.493 e. The Balaban J connectivity index is 1.98. The molecule has 134 valence electrons. The third kappa shape index (κ3) is 5.14. The summed E-state index contributed by atoms with van der Waals surface area (Å²) in [5, 5.41) is 2.82. The van der Waals surface area contributed by atoms with Gasteiger partial charge in [-0.15, -0.1) is 0 Å². The average molecular weight is 343 g/mol. The van der Waals surface area contributed by atoms with Gasteiger partial charge >= 0.3 is 0 Å². The highest BCUT2D eigenvalue weighted by Crippen LogP contribution is 2.29. The van der Waals surface area contributed by atoms with Crippen molar-refractivity contribution >= 4 is 11.6 Å². The second kappa shape index (κ2) is 8.97. The van der Waals surface area contributed by atoms with E-state index < -0.39 is 6.10 Å². The standard InChI is InChI=1S/C20H25NO4/c1-5-6-15-7-10-17(11-8-15)25-14(2)20(22)21-16-9-12-18(23-3)19(13-16)24-4/h7-14H,5-6H2,1-4H3,(H,21,22). The fourth-order valence-electron chi connectivity index (χ4n) is 2.44. The zero-order chi connectivity index (χ0) is 18.2. The third-order valence-corrected chi connectivity index (χ3v) is 3.80. The first-order chi connectivity index (χ1) is 12.1. The SMILES string of the molecule is CCCc1ccc(OC(C)C(=O)Nc2ccc(OC)c(OC)c2)cc1. The molecule has 0 saturated carbocycles. The van der Waals surface area contributed by atoms with Crippen LogP contribution in [-0.4, -0.2) is 26.2 Å². The summed E-state index contributed by atoms with van der Waals surface area (Å²) in [5.74, 6) is 1.61. The van der Waals surface area contributed by atoms with Crippen LogP contribution < -0.4 is 19.5 Å². The predicted octanol–water partition coefficient (Wildman–Crippen LogP) is 4.06. The van der Waals surface area contributed by atoms with Crippen LogP contribution in [0.25, 0.3) is 0 Å². The summed E-state index contributed by atoms with van der Waals surface area (Å²) in [6.45, 7) is 3.86. The van der Waals surface area contributed by atoms with Gasteiger partial charge in [-0.3, -0.25) is 4.79 Å². The van der Waals surface area contributed by atoms with E-state index in [9.17, 15) is 4.79 Å². The number of nitrogens with one attached hydrogen (secondary N) is 1. The van der Waals surface area contributed by atoms with Gasteiger partial charge < -0.3 is 19.5 Å². The summed E-state index contributed by atoms with van der Waals surface area (Å²) in [6.07, 6.45) is 1.52. The van der Waals surface area contributed by atoms with Crippen molar-refractivity contribution in [2.24, 2.45) is 0 Å². The fourth-order valence-corrected chi connectivity index (χ4v) is 2.44. The zero-order valence-electron chi connectivity index (χ0n) is 15.2. The zero-order valence-corrected chi connectivity index (χ0v) is 15.2. The maximum absolute atomic E-state index is 12.3. The van der Waals surface area contributed by atoms with Crippen LogP contribution in [0.2, 0.25) is 0 Å². The highest BCUT2D eigenvalue weighted by molar-refractivity contribution is 5.94. The Labute approximate surface area is 148 Å². The number of hydrogen-bond acceptors (Lipinski definition) is 4. The van der Waals surface area contributed by atoms with Crippen molar-refractivity contribution in [2.45, 2.75) is 32.8 Å². The van der Waals surface area contributed by atoms with Gasteiger partial charge in [-0.25, -0.2) is 0 Å². The first-order valence-electron chi connectivity index (χ1n) is 8.35. The number of hydrogen-bond donors (Lipinski definition) is 1. The number of aryl methyl sites for hydroxylation is 1. The Morgan fingerprint density at radius 3 is 2.32 bits per heavy atom. The molecule has 0 radical (unpaired) electrons. The van der Waals surface area contributed by atoms with Gasteiger partial charge in [0.2, 0.25) is 0 Å². The summed E-state index contributed by atoms with van der Waals surface area (Å²) in [5.41, 5.74) is 1.88. The van der Waals surface area contributed by atoms with Crippen molar-refractivity contribution in [1.82, 2.24) is 0 Å². The molecule has 0 fully saturated rings. The molecule has 1 unspecified atom stereocenters. The molecular weight excluding hydrogens is 318 g/mol. The maximum Gasteiger partial charge on any atom is 0.265 e. The van der Waals surface area contributed by atoms with E-state index in [0.29, 0.717) is 22.9 Å². The largest absolute Gasteiger partial charge is 0.493 e. The van der Waals surface area contributed by atoms with Crippen LogP contribution in [0.4, 0.5) is 5.69 Å².